The number of carbonyl (C=O) groups is 2. The molecule has 1 fully saturated rings. The average Bonchev–Trinajstić information content (AvgIpc) is 3.48. The number of nitrogens with one attached hydrogen (secondary N) is 1. The van der Waals surface area contributed by atoms with Crippen LogP contribution >= 0.6 is 0 Å². The maximum Gasteiger partial charge on any atom is 0.295 e. The number of rotatable bonds is 8. The first-order valence-electron chi connectivity index (χ1n) is 12.2. The lowest BCUT2D eigenvalue weighted by atomic mass is 9.94. The van der Waals surface area contributed by atoms with Crippen LogP contribution in [0.15, 0.2) is 78.5 Å². The van der Waals surface area contributed by atoms with E-state index in [1.165, 1.54) is 12.0 Å². The molecule has 2 heterocycles. The Hall–Kier alpha value is -4.72. The lowest BCUT2D eigenvalue weighted by Gasteiger charge is -2.26. The number of aromatic nitrogens is 1. The molecule has 4 aromatic rings. The molecule has 0 unspecified atom stereocenters. The normalized spacial score (nSPS) is 16.7. The number of para-hydroxylation sites is 1. The molecule has 3 aromatic carbocycles. The average molecular weight is 513 g/mol. The third-order valence-electron chi connectivity index (χ3n) is 6.93. The van der Waals surface area contributed by atoms with Crippen molar-refractivity contribution in [3.8, 4) is 17.2 Å². The summed E-state index contributed by atoms with van der Waals surface area (Å²) in [7, 11) is 4.70. The first kappa shape index (κ1) is 25.0. The zero-order chi connectivity index (χ0) is 26.8. The molecule has 1 saturated heterocycles. The van der Waals surface area contributed by atoms with E-state index in [9.17, 15) is 14.7 Å². The molecule has 38 heavy (non-hydrogen) atoms. The minimum atomic E-state index is -0.826. The second kappa shape index (κ2) is 10.3. The predicted molar refractivity (Wildman–Crippen MR) is 144 cm³/mol. The van der Waals surface area contributed by atoms with Gasteiger partial charge >= 0.3 is 0 Å². The molecule has 1 atom stereocenters. The number of likely N-dealkylation sites (tertiary alicyclic amines) is 1. The van der Waals surface area contributed by atoms with E-state index < -0.39 is 17.7 Å². The van der Waals surface area contributed by atoms with Crippen LogP contribution in [0.2, 0.25) is 0 Å². The number of ketones is 1. The van der Waals surface area contributed by atoms with Gasteiger partial charge in [0.2, 0.25) is 0 Å². The van der Waals surface area contributed by atoms with Gasteiger partial charge in [0.15, 0.2) is 0 Å². The first-order chi connectivity index (χ1) is 18.5. The molecule has 1 aliphatic heterocycles. The second-order valence-electron chi connectivity index (χ2n) is 8.94. The van der Waals surface area contributed by atoms with E-state index in [0.29, 0.717) is 29.0 Å². The molecule has 1 aliphatic rings. The van der Waals surface area contributed by atoms with E-state index >= 15 is 0 Å². The number of methoxy groups -OCH3 is 3. The Labute approximate surface area is 220 Å². The van der Waals surface area contributed by atoms with Crippen LogP contribution in [0.4, 0.5) is 0 Å². The van der Waals surface area contributed by atoms with Gasteiger partial charge in [-0.05, 0) is 60.5 Å². The molecule has 194 valence electrons. The van der Waals surface area contributed by atoms with Crippen molar-refractivity contribution >= 4 is 28.4 Å². The van der Waals surface area contributed by atoms with Crippen molar-refractivity contribution in [2.75, 3.05) is 27.9 Å². The second-order valence-corrected chi connectivity index (χ2v) is 8.94. The van der Waals surface area contributed by atoms with Gasteiger partial charge in [0.05, 0.1) is 32.9 Å². The fraction of sp³-hybridized carbons (Fsp3) is 0.200. The number of hydrogen-bond acceptors (Lipinski definition) is 6. The number of H-pyrrole nitrogens is 1. The number of fused-ring (bicyclic) bond motifs is 1. The molecule has 8 heteroatoms. The van der Waals surface area contributed by atoms with E-state index in [1.54, 1.807) is 50.6 Å². The number of aromatic amines is 1. The third kappa shape index (κ3) is 4.34. The number of nitrogens with zero attached hydrogens (tertiary/aromatic N) is 1. The molecule has 1 amide bonds. The van der Waals surface area contributed by atoms with Crippen molar-refractivity contribution in [2.24, 2.45) is 0 Å². The molecular weight excluding hydrogens is 484 g/mol. The number of hydrogen-bond donors (Lipinski definition) is 2. The topological polar surface area (TPSA) is 101 Å². The van der Waals surface area contributed by atoms with Crippen molar-refractivity contribution in [3.63, 3.8) is 0 Å². The van der Waals surface area contributed by atoms with Crippen molar-refractivity contribution in [2.45, 2.75) is 12.5 Å². The summed E-state index contributed by atoms with van der Waals surface area (Å²) in [5.74, 6) is 0.192. The van der Waals surface area contributed by atoms with Crippen LogP contribution in [0.5, 0.6) is 17.2 Å². The highest BCUT2D eigenvalue weighted by atomic mass is 16.5. The van der Waals surface area contributed by atoms with Crippen LogP contribution in [0.1, 0.15) is 22.7 Å². The Bertz CT molecular complexity index is 1540. The largest absolute Gasteiger partial charge is 0.507 e. The highest BCUT2D eigenvalue weighted by Crippen LogP contribution is 2.43. The minimum absolute atomic E-state index is 0.0188. The fourth-order valence-corrected chi connectivity index (χ4v) is 4.96. The number of benzene rings is 3. The molecule has 0 aliphatic carbocycles. The van der Waals surface area contributed by atoms with E-state index in [2.05, 4.69) is 4.98 Å². The first-order valence-corrected chi connectivity index (χ1v) is 12.2. The van der Waals surface area contributed by atoms with Gasteiger partial charge in [-0.1, -0.05) is 18.2 Å². The number of aliphatic hydroxyl groups is 1. The summed E-state index contributed by atoms with van der Waals surface area (Å²) in [6.45, 7) is 0.247. The Morgan fingerprint density at radius 2 is 1.63 bits per heavy atom. The summed E-state index contributed by atoms with van der Waals surface area (Å²) in [4.78, 5) is 31.6. The Morgan fingerprint density at radius 1 is 0.921 bits per heavy atom. The molecular formula is C30H28N2O6. The number of aliphatic hydroxyl groups excluding tert-OH is 1. The minimum Gasteiger partial charge on any atom is -0.507 e. The highest BCUT2D eigenvalue weighted by Gasteiger charge is 2.46. The lowest BCUT2D eigenvalue weighted by molar-refractivity contribution is -0.139. The molecule has 0 bridgehead atoms. The highest BCUT2D eigenvalue weighted by molar-refractivity contribution is 6.46. The maximum atomic E-state index is 13.4. The summed E-state index contributed by atoms with van der Waals surface area (Å²) in [5, 5.41) is 12.3. The van der Waals surface area contributed by atoms with Crippen molar-refractivity contribution < 1.29 is 28.9 Å². The van der Waals surface area contributed by atoms with Gasteiger partial charge in [0.25, 0.3) is 11.7 Å². The summed E-state index contributed by atoms with van der Waals surface area (Å²) in [6, 6.07) is 18.8. The standard InChI is InChI=1S/C30H28N2O6/c1-36-20-10-8-18(9-11-20)28(33)26-27(22-6-4-5-7-25(22)38-3)32(30(35)29(26)34)15-14-19-17-31-24-13-12-21(37-2)16-23(19)24/h4-13,16-17,27,31,33H,14-15H2,1-3H3/t27-/m1/s1. The number of ether oxygens (including phenoxy) is 3. The van der Waals surface area contributed by atoms with Crippen molar-refractivity contribution in [3.05, 3.63) is 95.2 Å². The summed E-state index contributed by atoms with van der Waals surface area (Å²) in [5.41, 5.74) is 2.97. The van der Waals surface area contributed by atoms with E-state index in [-0.39, 0.29) is 17.9 Å². The van der Waals surface area contributed by atoms with Crippen LogP contribution in [0, 0.1) is 0 Å². The Balaban J connectivity index is 1.57. The third-order valence-corrected chi connectivity index (χ3v) is 6.93. The van der Waals surface area contributed by atoms with Crippen LogP contribution in [0.3, 0.4) is 0 Å². The monoisotopic (exact) mass is 512 g/mol. The summed E-state index contributed by atoms with van der Waals surface area (Å²) >= 11 is 0. The molecule has 0 saturated carbocycles. The molecule has 1 aromatic heterocycles. The quantitative estimate of drug-likeness (QED) is 0.199. The number of Topliss-reactive ketones (excluding diaryl/α,β-unsaturated/α-hetero) is 1. The SMILES string of the molecule is COc1ccc(C(O)=C2C(=O)C(=O)N(CCc3c[nH]c4ccc(OC)cc34)[C@@H]2c2ccccc2OC)cc1. The van der Waals surface area contributed by atoms with E-state index in [1.807, 2.05) is 36.5 Å². The fourth-order valence-electron chi connectivity index (χ4n) is 4.96. The van der Waals surface area contributed by atoms with Crippen LogP contribution in [0.25, 0.3) is 16.7 Å². The van der Waals surface area contributed by atoms with Gasteiger partial charge in [-0.3, -0.25) is 9.59 Å². The zero-order valence-corrected chi connectivity index (χ0v) is 21.4. The van der Waals surface area contributed by atoms with Crippen molar-refractivity contribution in [1.82, 2.24) is 9.88 Å². The Kier molecular flexibility index (Phi) is 6.79. The van der Waals surface area contributed by atoms with Gasteiger partial charge in [-0.2, -0.15) is 0 Å². The smallest absolute Gasteiger partial charge is 0.295 e. The Morgan fingerprint density at radius 3 is 2.34 bits per heavy atom. The van der Waals surface area contributed by atoms with Gasteiger partial charge in [-0.25, -0.2) is 0 Å². The maximum absolute atomic E-state index is 13.4. The van der Waals surface area contributed by atoms with Crippen LogP contribution in [-0.4, -0.2) is 54.6 Å². The lowest BCUT2D eigenvalue weighted by Crippen LogP contribution is -2.31. The zero-order valence-electron chi connectivity index (χ0n) is 21.4. The molecule has 2 N–H and O–H groups in total. The molecule has 0 spiro atoms. The molecule has 0 radical (unpaired) electrons. The summed E-state index contributed by atoms with van der Waals surface area (Å²) < 4.78 is 16.2. The molecule has 8 nitrogen and oxygen atoms in total. The van der Waals surface area contributed by atoms with Gasteiger partial charge < -0.3 is 29.2 Å². The van der Waals surface area contributed by atoms with Crippen LogP contribution in [-0.2, 0) is 16.0 Å². The molecule has 5 rings (SSSR count). The van der Waals surface area contributed by atoms with Crippen LogP contribution < -0.4 is 14.2 Å². The van der Waals surface area contributed by atoms with Crippen molar-refractivity contribution in [1.29, 1.82) is 0 Å². The van der Waals surface area contributed by atoms with Gasteiger partial charge in [0, 0.05) is 34.8 Å². The summed E-state index contributed by atoms with van der Waals surface area (Å²) in [6.07, 6.45) is 2.38. The van der Waals surface area contributed by atoms with E-state index in [4.69, 9.17) is 14.2 Å². The number of amides is 1. The van der Waals surface area contributed by atoms with E-state index in [0.717, 1.165) is 22.2 Å². The van der Waals surface area contributed by atoms with Gasteiger partial charge in [0.1, 0.15) is 23.0 Å². The van der Waals surface area contributed by atoms with Gasteiger partial charge in [-0.15, -0.1) is 0 Å². The number of carbonyl (C=O) groups excluding carboxylic acids is 2. The predicted octanol–water partition coefficient (Wildman–Crippen LogP) is 4.86.